The molecule has 0 spiro atoms. The fraction of sp³-hybridized carbons (Fsp3) is 0.778. The van der Waals surface area contributed by atoms with Crippen LogP contribution in [0.1, 0.15) is 18.7 Å². The number of nitrogens with one attached hydrogen (secondary N) is 1. The summed E-state index contributed by atoms with van der Waals surface area (Å²) < 4.78 is 36.9. The summed E-state index contributed by atoms with van der Waals surface area (Å²) in [6.45, 7) is 0.966. The van der Waals surface area contributed by atoms with Gasteiger partial charge in [-0.3, -0.25) is 4.68 Å². The lowest BCUT2D eigenvalue weighted by Gasteiger charge is -2.06. The molecule has 7 heteroatoms. The van der Waals surface area contributed by atoms with Crippen molar-refractivity contribution in [2.24, 2.45) is 7.05 Å². The zero-order chi connectivity index (χ0) is 12.0. The van der Waals surface area contributed by atoms with Crippen LogP contribution in [-0.4, -0.2) is 34.0 Å². The summed E-state index contributed by atoms with van der Waals surface area (Å²) in [6.07, 6.45) is -2.45. The summed E-state index contributed by atoms with van der Waals surface area (Å²) in [5.41, 5.74) is 0. The molecule has 0 amide bonds. The van der Waals surface area contributed by atoms with Gasteiger partial charge in [-0.25, -0.2) is 4.98 Å². The minimum Gasteiger partial charge on any atom is -0.316 e. The van der Waals surface area contributed by atoms with Crippen LogP contribution in [0.4, 0.5) is 13.2 Å². The van der Waals surface area contributed by atoms with Crippen molar-refractivity contribution in [1.82, 2.24) is 20.1 Å². The van der Waals surface area contributed by atoms with E-state index in [2.05, 4.69) is 15.4 Å². The van der Waals surface area contributed by atoms with E-state index in [1.807, 2.05) is 0 Å². The van der Waals surface area contributed by atoms with Crippen LogP contribution in [0, 0.1) is 0 Å². The highest BCUT2D eigenvalue weighted by molar-refractivity contribution is 4.81. The molecule has 0 atom stereocenters. The molecule has 1 heterocycles. The maximum Gasteiger partial charge on any atom is 0.389 e. The second-order valence-electron chi connectivity index (χ2n) is 3.55. The van der Waals surface area contributed by atoms with Crippen LogP contribution in [0.2, 0.25) is 0 Å². The molecule has 4 nitrogen and oxygen atoms in total. The third kappa shape index (κ3) is 5.69. The fourth-order valence-electron chi connectivity index (χ4n) is 1.24. The summed E-state index contributed by atoms with van der Waals surface area (Å²) in [7, 11) is 1.77. The standard InChI is InChI=1S/C9H15F3N4/c1-16-7-14-8(15-16)3-6-13-5-2-4-9(10,11)12/h7,13H,2-6H2,1H3. The highest BCUT2D eigenvalue weighted by atomic mass is 19.4. The second-order valence-corrected chi connectivity index (χ2v) is 3.55. The monoisotopic (exact) mass is 236 g/mol. The SMILES string of the molecule is Cn1cnc(CCNCCCC(F)(F)F)n1. The number of aryl methyl sites for hydroxylation is 1. The first kappa shape index (κ1) is 13.0. The van der Waals surface area contributed by atoms with Crippen molar-refractivity contribution in [3.8, 4) is 0 Å². The van der Waals surface area contributed by atoms with Crippen molar-refractivity contribution in [1.29, 1.82) is 0 Å². The van der Waals surface area contributed by atoms with Crippen LogP contribution in [0.15, 0.2) is 6.33 Å². The first-order valence-corrected chi connectivity index (χ1v) is 5.09. The molecule has 92 valence electrons. The molecule has 0 aromatic carbocycles. The smallest absolute Gasteiger partial charge is 0.316 e. The van der Waals surface area contributed by atoms with Gasteiger partial charge in [0.1, 0.15) is 6.33 Å². The van der Waals surface area contributed by atoms with Crippen LogP contribution in [0.5, 0.6) is 0 Å². The molecule has 1 rings (SSSR count). The van der Waals surface area contributed by atoms with E-state index in [0.29, 0.717) is 25.3 Å². The number of nitrogens with zero attached hydrogens (tertiary/aromatic N) is 3. The van der Waals surface area contributed by atoms with E-state index >= 15 is 0 Å². The molecule has 0 aliphatic rings. The van der Waals surface area contributed by atoms with Gasteiger partial charge in [-0.1, -0.05) is 0 Å². The quantitative estimate of drug-likeness (QED) is 0.757. The number of rotatable bonds is 6. The lowest BCUT2D eigenvalue weighted by molar-refractivity contribution is -0.135. The van der Waals surface area contributed by atoms with E-state index in [-0.39, 0.29) is 6.42 Å². The Bertz CT molecular complexity index is 308. The maximum atomic E-state index is 11.8. The normalized spacial score (nSPS) is 12.0. The molecule has 0 saturated heterocycles. The average molecular weight is 236 g/mol. The molecule has 0 fully saturated rings. The first-order valence-electron chi connectivity index (χ1n) is 5.09. The van der Waals surface area contributed by atoms with Gasteiger partial charge in [0.05, 0.1) is 0 Å². The van der Waals surface area contributed by atoms with E-state index in [1.54, 1.807) is 18.1 Å². The third-order valence-corrected chi connectivity index (χ3v) is 1.99. The molecule has 0 saturated carbocycles. The molecule has 1 N–H and O–H groups in total. The molecule has 0 radical (unpaired) electrons. The lowest BCUT2D eigenvalue weighted by atomic mass is 10.3. The zero-order valence-electron chi connectivity index (χ0n) is 9.09. The summed E-state index contributed by atoms with van der Waals surface area (Å²) in [5, 5.41) is 6.98. The van der Waals surface area contributed by atoms with Gasteiger partial charge in [-0.2, -0.15) is 18.3 Å². The topological polar surface area (TPSA) is 42.7 Å². The Balaban J connectivity index is 2.00. The summed E-state index contributed by atoms with van der Waals surface area (Å²) in [4.78, 5) is 4.00. The van der Waals surface area contributed by atoms with Gasteiger partial charge in [0.15, 0.2) is 5.82 Å². The molecular weight excluding hydrogens is 221 g/mol. The molecule has 1 aromatic heterocycles. The number of aromatic nitrogens is 3. The highest BCUT2D eigenvalue weighted by Crippen LogP contribution is 2.20. The fourth-order valence-corrected chi connectivity index (χ4v) is 1.24. The van der Waals surface area contributed by atoms with Crippen LogP contribution >= 0.6 is 0 Å². The van der Waals surface area contributed by atoms with Crippen LogP contribution < -0.4 is 5.32 Å². The second kappa shape index (κ2) is 5.83. The Kier molecular flexibility index (Phi) is 4.72. The van der Waals surface area contributed by atoms with E-state index in [9.17, 15) is 13.2 Å². The molecule has 1 aromatic rings. The Hall–Kier alpha value is -1.11. The minimum atomic E-state index is -4.05. The molecule has 0 unspecified atom stereocenters. The van der Waals surface area contributed by atoms with E-state index in [0.717, 1.165) is 0 Å². The number of halogens is 3. The van der Waals surface area contributed by atoms with E-state index in [4.69, 9.17) is 0 Å². The van der Waals surface area contributed by atoms with Crippen LogP contribution in [0.25, 0.3) is 0 Å². The van der Waals surface area contributed by atoms with Gasteiger partial charge >= 0.3 is 6.18 Å². The van der Waals surface area contributed by atoms with Crippen molar-refractivity contribution in [2.45, 2.75) is 25.4 Å². The van der Waals surface area contributed by atoms with Gasteiger partial charge in [0.2, 0.25) is 0 Å². The summed E-state index contributed by atoms with van der Waals surface area (Å²) in [5.74, 6) is 0.700. The van der Waals surface area contributed by atoms with Gasteiger partial charge in [-0.05, 0) is 13.0 Å². The van der Waals surface area contributed by atoms with Crippen molar-refractivity contribution in [3.05, 3.63) is 12.2 Å². The third-order valence-electron chi connectivity index (χ3n) is 1.99. The predicted octanol–water partition coefficient (Wildman–Crippen LogP) is 1.29. The maximum absolute atomic E-state index is 11.8. The molecule has 0 bridgehead atoms. The first-order chi connectivity index (χ1) is 7.47. The van der Waals surface area contributed by atoms with E-state index < -0.39 is 12.6 Å². The lowest BCUT2D eigenvalue weighted by Crippen LogP contribution is -2.21. The highest BCUT2D eigenvalue weighted by Gasteiger charge is 2.25. The van der Waals surface area contributed by atoms with Crippen LogP contribution in [0.3, 0.4) is 0 Å². The van der Waals surface area contributed by atoms with Crippen molar-refractivity contribution in [2.75, 3.05) is 13.1 Å². The van der Waals surface area contributed by atoms with Gasteiger partial charge in [0, 0.05) is 26.4 Å². The zero-order valence-corrected chi connectivity index (χ0v) is 9.09. The Morgan fingerprint density at radius 3 is 2.69 bits per heavy atom. The van der Waals surface area contributed by atoms with Gasteiger partial charge in [-0.15, -0.1) is 0 Å². The molecule has 16 heavy (non-hydrogen) atoms. The largest absolute Gasteiger partial charge is 0.389 e. The number of hydrogen-bond acceptors (Lipinski definition) is 3. The Morgan fingerprint density at radius 2 is 2.12 bits per heavy atom. The van der Waals surface area contributed by atoms with Crippen LogP contribution in [-0.2, 0) is 13.5 Å². The average Bonchev–Trinajstić information content (AvgIpc) is 2.56. The van der Waals surface area contributed by atoms with Crippen molar-refractivity contribution >= 4 is 0 Å². The summed E-state index contributed by atoms with van der Waals surface area (Å²) >= 11 is 0. The molecule has 0 aliphatic carbocycles. The summed E-state index contributed by atoms with van der Waals surface area (Å²) in [6, 6.07) is 0. The van der Waals surface area contributed by atoms with Gasteiger partial charge < -0.3 is 5.32 Å². The predicted molar refractivity (Wildman–Crippen MR) is 52.9 cm³/mol. The van der Waals surface area contributed by atoms with Gasteiger partial charge in [0.25, 0.3) is 0 Å². The number of alkyl halides is 3. The molecule has 0 aliphatic heterocycles. The van der Waals surface area contributed by atoms with E-state index in [1.165, 1.54) is 0 Å². The Morgan fingerprint density at radius 1 is 1.38 bits per heavy atom. The minimum absolute atomic E-state index is 0.110. The Labute approximate surface area is 91.9 Å². The number of hydrogen-bond donors (Lipinski definition) is 1. The van der Waals surface area contributed by atoms with Crippen molar-refractivity contribution < 1.29 is 13.2 Å². The van der Waals surface area contributed by atoms with Crippen molar-refractivity contribution in [3.63, 3.8) is 0 Å². The molecular formula is C9H15F3N4.